The van der Waals surface area contributed by atoms with E-state index in [1.54, 1.807) is 17.7 Å². The predicted octanol–water partition coefficient (Wildman–Crippen LogP) is 4.60. The summed E-state index contributed by atoms with van der Waals surface area (Å²) in [5.41, 5.74) is 5.88. The summed E-state index contributed by atoms with van der Waals surface area (Å²) in [5.74, 6) is 0.245. The lowest BCUT2D eigenvalue weighted by molar-refractivity contribution is -0.139. The first-order valence-electron chi connectivity index (χ1n) is 9.86. The van der Waals surface area contributed by atoms with Crippen LogP contribution in [0, 0.1) is 20.8 Å². The average Bonchev–Trinajstić information content (AvgIpc) is 3.39. The third-order valence-corrected chi connectivity index (χ3v) is 4.85. The average molecular weight is 414 g/mol. The van der Waals surface area contributed by atoms with E-state index in [1.165, 1.54) is 17.2 Å². The van der Waals surface area contributed by atoms with Crippen LogP contribution in [0.25, 0.3) is 23.0 Å². The molecule has 4 aromatic rings. The highest BCUT2D eigenvalue weighted by Gasteiger charge is 2.12. The first-order chi connectivity index (χ1) is 15.0. The molecule has 2 heterocycles. The van der Waals surface area contributed by atoms with Gasteiger partial charge < -0.3 is 9.26 Å². The second kappa shape index (κ2) is 8.79. The molecule has 0 radical (unpaired) electrons. The van der Waals surface area contributed by atoms with Gasteiger partial charge in [-0.2, -0.15) is 10.1 Å². The highest BCUT2D eigenvalue weighted by molar-refractivity contribution is 5.88. The number of benzene rings is 2. The monoisotopic (exact) mass is 414 g/mol. The molecular weight excluding hydrogens is 392 g/mol. The van der Waals surface area contributed by atoms with Crippen molar-refractivity contribution in [3.63, 3.8) is 0 Å². The van der Waals surface area contributed by atoms with E-state index >= 15 is 0 Å². The molecule has 0 spiro atoms. The van der Waals surface area contributed by atoms with Crippen molar-refractivity contribution in [3.8, 4) is 16.9 Å². The second-order valence-corrected chi connectivity index (χ2v) is 7.19. The molecule has 0 bridgehead atoms. The number of hydrogen-bond acceptors (Lipinski definition) is 6. The first-order valence-corrected chi connectivity index (χ1v) is 9.86. The first kappa shape index (κ1) is 20.3. The normalized spacial score (nSPS) is 11.2. The van der Waals surface area contributed by atoms with Crippen molar-refractivity contribution < 1.29 is 14.1 Å². The Morgan fingerprint density at radius 2 is 1.90 bits per heavy atom. The molecule has 7 nitrogen and oxygen atoms in total. The van der Waals surface area contributed by atoms with Gasteiger partial charge in [0.25, 0.3) is 5.89 Å². The molecule has 2 aromatic heterocycles. The van der Waals surface area contributed by atoms with Crippen LogP contribution in [0.3, 0.4) is 0 Å². The van der Waals surface area contributed by atoms with Gasteiger partial charge in [-0.1, -0.05) is 35.5 Å². The highest BCUT2D eigenvalue weighted by atomic mass is 16.6. The lowest BCUT2D eigenvalue weighted by Crippen LogP contribution is -2.01. The summed E-state index contributed by atoms with van der Waals surface area (Å²) in [4.78, 5) is 16.2. The summed E-state index contributed by atoms with van der Waals surface area (Å²) in [7, 11) is 0. The fraction of sp³-hybridized carbons (Fsp3) is 0.167. The van der Waals surface area contributed by atoms with E-state index in [1.807, 2.05) is 42.6 Å². The molecule has 0 aliphatic heterocycles. The van der Waals surface area contributed by atoms with E-state index < -0.39 is 5.97 Å². The smallest absolute Gasteiger partial charge is 0.331 e. The Hall–Kier alpha value is -4.00. The maximum atomic E-state index is 12.2. The predicted molar refractivity (Wildman–Crippen MR) is 116 cm³/mol. The molecule has 0 unspecified atom stereocenters. The summed E-state index contributed by atoms with van der Waals surface area (Å²) >= 11 is 0. The molecule has 0 saturated heterocycles. The van der Waals surface area contributed by atoms with E-state index in [4.69, 9.17) is 14.4 Å². The van der Waals surface area contributed by atoms with E-state index in [-0.39, 0.29) is 12.5 Å². The summed E-state index contributed by atoms with van der Waals surface area (Å²) in [6.07, 6.45) is 4.98. The third kappa shape index (κ3) is 4.78. The molecule has 31 heavy (non-hydrogen) atoms. The van der Waals surface area contributed by atoms with Crippen LogP contribution in [-0.2, 0) is 16.1 Å². The van der Waals surface area contributed by atoms with Crippen molar-refractivity contribution in [1.29, 1.82) is 0 Å². The Kier molecular flexibility index (Phi) is 5.75. The molecule has 0 fully saturated rings. The zero-order valence-corrected chi connectivity index (χ0v) is 17.6. The van der Waals surface area contributed by atoms with Crippen LogP contribution in [0.15, 0.2) is 65.3 Å². The van der Waals surface area contributed by atoms with Crippen molar-refractivity contribution in [3.05, 3.63) is 89.2 Å². The van der Waals surface area contributed by atoms with Crippen LogP contribution in [-0.4, -0.2) is 25.9 Å². The maximum absolute atomic E-state index is 12.2. The Morgan fingerprint density at radius 1 is 1.10 bits per heavy atom. The summed E-state index contributed by atoms with van der Waals surface area (Å²) < 4.78 is 11.9. The number of ether oxygens (including phenoxy) is 1. The van der Waals surface area contributed by atoms with Crippen LogP contribution in [0.1, 0.15) is 28.4 Å². The maximum Gasteiger partial charge on any atom is 0.331 e. The number of para-hydroxylation sites is 1. The number of carbonyl (C=O) groups is 1. The molecule has 0 amide bonds. The van der Waals surface area contributed by atoms with Gasteiger partial charge in [-0.3, -0.25) is 0 Å². The highest BCUT2D eigenvalue weighted by Crippen LogP contribution is 2.26. The zero-order valence-electron chi connectivity index (χ0n) is 17.6. The Morgan fingerprint density at radius 3 is 2.61 bits per heavy atom. The molecule has 0 N–H and O–H groups in total. The molecule has 0 aliphatic carbocycles. The number of aromatic nitrogens is 4. The standard InChI is InChI=1S/C24H22N4O3/c1-16-9-10-19(13-17(16)2)24-20(14-28(26-24)21-7-5-4-6-8-21)11-12-23(29)30-15-22-25-18(3)27-31-22/h4-14H,15H2,1-3H3/b12-11+. The zero-order chi connectivity index (χ0) is 21.8. The van der Waals surface area contributed by atoms with Crippen LogP contribution < -0.4 is 0 Å². The number of nitrogens with zero attached hydrogens (tertiary/aromatic N) is 4. The van der Waals surface area contributed by atoms with E-state index in [2.05, 4.69) is 36.1 Å². The lowest BCUT2D eigenvalue weighted by atomic mass is 10.0. The van der Waals surface area contributed by atoms with Crippen molar-refractivity contribution in [2.75, 3.05) is 0 Å². The van der Waals surface area contributed by atoms with Gasteiger partial charge in [0.1, 0.15) is 0 Å². The SMILES string of the molecule is Cc1noc(COC(=O)/C=C/c2cn(-c3ccccc3)nc2-c2ccc(C)c(C)c2)n1. The van der Waals surface area contributed by atoms with Crippen molar-refractivity contribution in [2.45, 2.75) is 27.4 Å². The van der Waals surface area contributed by atoms with Crippen molar-refractivity contribution in [2.24, 2.45) is 0 Å². The summed E-state index contributed by atoms with van der Waals surface area (Å²) in [6.45, 7) is 5.77. The van der Waals surface area contributed by atoms with E-state index in [0.717, 1.165) is 22.5 Å². The van der Waals surface area contributed by atoms with E-state index in [0.29, 0.717) is 5.82 Å². The quantitative estimate of drug-likeness (QED) is 0.339. The molecule has 0 saturated carbocycles. The van der Waals surface area contributed by atoms with Crippen molar-refractivity contribution in [1.82, 2.24) is 19.9 Å². The number of rotatable bonds is 6. The minimum Gasteiger partial charge on any atom is -0.452 e. The van der Waals surface area contributed by atoms with Crippen molar-refractivity contribution >= 4 is 12.0 Å². The van der Waals surface area contributed by atoms with Gasteiger partial charge in [-0.05, 0) is 56.2 Å². The van der Waals surface area contributed by atoms with Gasteiger partial charge in [-0.15, -0.1) is 0 Å². The third-order valence-electron chi connectivity index (χ3n) is 4.85. The van der Waals surface area contributed by atoms with Crippen LogP contribution in [0.5, 0.6) is 0 Å². The Labute approximate surface area is 180 Å². The molecule has 0 atom stereocenters. The van der Waals surface area contributed by atoms with Gasteiger partial charge >= 0.3 is 5.97 Å². The summed E-state index contributed by atoms with van der Waals surface area (Å²) in [6, 6.07) is 16.0. The van der Waals surface area contributed by atoms with Crippen LogP contribution in [0.2, 0.25) is 0 Å². The molecule has 0 aliphatic rings. The van der Waals surface area contributed by atoms with Crippen LogP contribution >= 0.6 is 0 Å². The fourth-order valence-electron chi connectivity index (χ4n) is 3.07. The Bertz CT molecular complexity index is 1240. The summed E-state index contributed by atoms with van der Waals surface area (Å²) in [5, 5.41) is 8.45. The van der Waals surface area contributed by atoms with Gasteiger partial charge in [0.05, 0.1) is 11.4 Å². The minimum atomic E-state index is -0.505. The largest absolute Gasteiger partial charge is 0.452 e. The molecule has 7 heteroatoms. The molecule has 4 rings (SSSR count). The Balaban J connectivity index is 1.61. The minimum absolute atomic E-state index is 0.0721. The van der Waals surface area contributed by atoms with E-state index in [9.17, 15) is 4.79 Å². The van der Waals surface area contributed by atoms with Gasteiger partial charge in [-0.25, -0.2) is 9.48 Å². The van der Waals surface area contributed by atoms with Gasteiger partial charge in [0.2, 0.25) is 0 Å². The second-order valence-electron chi connectivity index (χ2n) is 7.19. The topological polar surface area (TPSA) is 83.0 Å². The number of esters is 1. The number of carbonyl (C=O) groups excluding carboxylic acids is 1. The number of aryl methyl sites for hydroxylation is 3. The lowest BCUT2D eigenvalue weighted by Gasteiger charge is -2.04. The molecular formula is C24H22N4O3. The number of hydrogen-bond donors (Lipinski definition) is 0. The fourth-order valence-corrected chi connectivity index (χ4v) is 3.07. The van der Waals surface area contributed by atoms with Gasteiger partial charge in [0.15, 0.2) is 12.4 Å². The van der Waals surface area contributed by atoms with Gasteiger partial charge in [0, 0.05) is 23.4 Å². The van der Waals surface area contributed by atoms with Crippen LogP contribution in [0.4, 0.5) is 0 Å². The molecule has 156 valence electrons. The molecule has 2 aromatic carbocycles.